The van der Waals surface area contributed by atoms with Crippen molar-refractivity contribution in [1.82, 2.24) is 4.90 Å². The molecule has 1 saturated heterocycles. The van der Waals surface area contributed by atoms with Crippen molar-refractivity contribution in [2.75, 3.05) is 13.1 Å². The first-order chi connectivity index (χ1) is 15.6. The summed E-state index contributed by atoms with van der Waals surface area (Å²) in [6.07, 6.45) is 4.57. The van der Waals surface area contributed by atoms with E-state index in [9.17, 15) is 10.2 Å². The van der Waals surface area contributed by atoms with Gasteiger partial charge in [-0.1, -0.05) is 36.4 Å². The van der Waals surface area contributed by atoms with Gasteiger partial charge < -0.3 is 19.7 Å². The molecule has 168 valence electrons. The summed E-state index contributed by atoms with van der Waals surface area (Å²) >= 11 is 0. The van der Waals surface area contributed by atoms with Crippen LogP contribution in [-0.2, 0) is 18.4 Å². The lowest BCUT2D eigenvalue weighted by molar-refractivity contribution is -0.208. The first kappa shape index (κ1) is 19.4. The summed E-state index contributed by atoms with van der Waals surface area (Å²) in [6.45, 7) is 2.53. The Morgan fingerprint density at radius 2 is 1.91 bits per heavy atom. The Hall–Kier alpha value is -2.08. The van der Waals surface area contributed by atoms with Crippen LogP contribution in [0.4, 0.5) is 0 Å². The van der Waals surface area contributed by atoms with Crippen LogP contribution in [0.25, 0.3) is 0 Å². The van der Waals surface area contributed by atoms with E-state index in [1.807, 2.05) is 24.3 Å². The van der Waals surface area contributed by atoms with Crippen LogP contribution in [-0.4, -0.2) is 52.1 Å². The molecule has 3 fully saturated rings. The van der Waals surface area contributed by atoms with Crippen molar-refractivity contribution < 1.29 is 19.7 Å². The van der Waals surface area contributed by atoms with Gasteiger partial charge in [-0.05, 0) is 68.2 Å². The predicted molar refractivity (Wildman–Crippen MR) is 120 cm³/mol. The third-order valence-electron chi connectivity index (χ3n) is 8.95. The number of hydrogen-bond acceptors (Lipinski definition) is 5. The fourth-order valence-corrected chi connectivity index (χ4v) is 7.29. The molecule has 2 aromatic carbocycles. The number of ether oxygens (including phenoxy) is 2. The Morgan fingerprint density at radius 3 is 2.72 bits per heavy atom. The molecule has 2 heterocycles. The Morgan fingerprint density at radius 1 is 1.06 bits per heavy atom. The second-order valence-corrected chi connectivity index (χ2v) is 10.6. The Bertz CT molecular complexity index is 1050. The molecule has 5 nitrogen and oxygen atoms in total. The minimum absolute atomic E-state index is 0.102. The van der Waals surface area contributed by atoms with Gasteiger partial charge in [0.15, 0.2) is 11.5 Å². The van der Waals surface area contributed by atoms with Crippen molar-refractivity contribution in [1.29, 1.82) is 0 Å². The second kappa shape index (κ2) is 6.72. The fraction of sp³-hybridized carbons (Fsp3) is 0.556. The largest absolute Gasteiger partial charge is 0.485 e. The molecule has 2 aromatic rings. The molecule has 1 spiro atoms. The summed E-state index contributed by atoms with van der Waals surface area (Å²) in [6, 6.07) is 14.5. The third-order valence-corrected chi connectivity index (χ3v) is 8.95. The molecule has 0 radical (unpaired) electrons. The number of nitrogens with zero attached hydrogens (tertiary/aromatic N) is 1. The van der Waals surface area contributed by atoms with Crippen LogP contribution >= 0.6 is 0 Å². The van der Waals surface area contributed by atoms with Crippen molar-refractivity contribution >= 4 is 0 Å². The number of benzene rings is 2. The van der Waals surface area contributed by atoms with Crippen LogP contribution in [0.3, 0.4) is 0 Å². The zero-order valence-corrected chi connectivity index (χ0v) is 18.4. The van der Waals surface area contributed by atoms with Gasteiger partial charge in [-0.15, -0.1) is 0 Å². The molecule has 5 aliphatic rings. The second-order valence-electron chi connectivity index (χ2n) is 10.6. The maximum atomic E-state index is 12.4. The molecule has 0 amide bonds. The zero-order valence-electron chi connectivity index (χ0n) is 18.4. The molecule has 5 heteroatoms. The number of hydrogen-bond donors (Lipinski definition) is 2. The summed E-state index contributed by atoms with van der Waals surface area (Å²) in [5.74, 6) is 2.28. The van der Waals surface area contributed by atoms with Gasteiger partial charge in [0.25, 0.3) is 0 Å². The number of aliphatic hydroxyl groups is 2. The summed E-state index contributed by atoms with van der Waals surface area (Å²) in [7, 11) is 0. The summed E-state index contributed by atoms with van der Waals surface area (Å²) in [5.41, 5.74) is 2.09. The van der Waals surface area contributed by atoms with Crippen molar-refractivity contribution in [2.24, 2.45) is 5.92 Å². The molecule has 0 aromatic heterocycles. The highest BCUT2D eigenvalue weighted by atomic mass is 16.5. The first-order valence-corrected chi connectivity index (χ1v) is 12.2. The van der Waals surface area contributed by atoms with Crippen molar-refractivity contribution in [3.8, 4) is 11.5 Å². The molecule has 7 rings (SSSR count). The van der Waals surface area contributed by atoms with E-state index in [0.717, 1.165) is 54.5 Å². The van der Waals surface area contributed by atoms with E-state index < -0.39 is 23.2 Å². The number of piperidine rings is 1. The van der Waals surface area contributed by atoms with Crippen molar-refractivity contribution in [2.45, 2.75) is 74.4 Å². The molecule has 2 saturated carbocycles. The summed E-state index contributed by atoms with van der Waals surface area (Å²) in [4.78, 5) is 2.55. The van der Waals surface area contributed by atoms with Gasteiger partial charge >= 0.3 is 0 Å². The van der Waals surface area contributed by atoms with Gasteiger partial charge in [-0.2, -0.15) is 0 Å². The van der Waals surface area contributed by atoms with E-state index in [-0.39, 0.29) is 6.04 Å². The SMILES string of the molecule is O[C@@H]1CCC2(O)[C@H]3Cc4ccc(OCc5ccccc5)c5c4[C@@]2(CCN3CC2CC2)[C@H]1O5. The highest BCUT2D eigenvalue weighted by Gasteiger charge is 2.73. The van der Waals surface area contributed by atoms with Crippen LogP contribution in [0.2, 0.25) is 0 Å². The molecule has 1 unspecified atom stereocenters. The van der Waals surface area contributed by atoms with Crippen LogP contribution in [0.1, 0.15) is 48.8 Å². The number of rotatable bonds is 5. The fourth-order valence-electron chi connectivity index (χ4n) is 7.29. The van der Waals surface area contributed by atoms with Gasteiger partial charge in [-0.25, -0.2) is 0 Å². The van der Waals surface area contributed by atoms with Gasteiger partial charge in [0.05, 0.1) is 17.1 Å². The normalized spacial score (nSPS) is 37.0. The summed E-state index contributed by atoms with van der Waals surface area (Å²) < 4.78 is 12.8. The highest BCUT2D eigenvalue weighted by Crippen LogP contribution is 2.65. The number of aliphatic hydroxyl groups excluding tert-OH is 1. The van der Waals surface area contributed by atoms with Gasteiger partial charge in [0, 0.05) is 18.2 Å². The summed E-state index contributed by atoms with van der Waals surface area (Å²) in [5, 5.41) is 23.4. The minimum atomic E-state index is -0.861. The van der Waals surface area contributed by atoms with Crippen LogP contribution in [0.5, 0.6) is 11.5 Å². The molecular formula is C27H31NO4. The Balaban J connectivity index is 1.31. The highest BCUT2D eigenvalue weighted by molar-refractivity contribution is 5.63. The van der Waals surface area contributed by atoms with Crippen LogP contribution in [0, 0.1) is 5.92 Å². The predicted octanol–water partition coefficient (Wildman–Crippen LogP) is 3.19. The molecule has 2 bridgehead atoms. The third kappa shape index (κ3) is 2.50. The van der Waals surface area contributed by atoms with E-state index >= 15 is 0 Å². The van der Waals surface area contributed by atoms with E-state index in [4.69, 9.17) is 9.47 Å². The monoisotopic (exact) mass is 433 g/mol. The topological polar surface area (TPSA) is 62.2 Å². The molecule has 2 N–H and O–H groups in total. The minimum Gasteiger partial charge on any atom is -0.485 e. The molecular weight excluding hydrogens is 402 g/mol. The van der Waals surface area contributed by atoms with E-state index in [2.05, 4.69) is 23.1 Å². The lowest BCUT2D eigenvalue weighted by Crippen LogP contribution is -2.77. The van der Waals surface area contributed by atoms with Gasteiger partial charge in [0.1, 0.15) is 12.7 Å². The Kier molecular flexibility index (Phi) is 4.07. The molecule has 3 aliphatic carbocycles. The molecule has 2 aliphatic heterocycles. The number of likely N-dealkylation sites (tertiary alicyclic amines) is 1. The van der Waals surface area contributed by atoms with Crippen LogP contribution < -0.4 is 9.47 Å². The molecule has 32 heavy (non-hydrogen) atoms. The molecule has 5 atom stereocenters. The zero-order chi connectivity index (χ0) is 21.5. The first-order valence-electron chi connectivity index (χ1n) is 12.2. The van der Waals surface area contributed by atoms with E-state index in [1.54, 1.807) is 0 Å². The maximum absolute atomic E-state index is 12.4. The quantitative estimate of drug-likeness (QED) is 0.758. The van der Waals surface area contributed by atoms with E-state index in [1.165, 1.54) is 18.4 Å². The Labute approximate surface area is 189 Å². The van der Waals surface area contributed by atoms with Crippen molar-refractivity contribution in [3.63, 3.8) is 0 Å². The van der Waals surface area contributed by atoms with E-state index in [0.29, 0.717) is 19.4 Å². The average molecular weight is 434 g/mol. The standard InChI is InChI=1S/C27H31NO4/c29-20-10-11-27(30)22-14-19-8-9-21(31-16-18-4-2-1-3-5-18)24-23(19)26(27,25(20)32-24)12-13-28(22)15-17-6-7-17/h1-5,8-9,17,20,22,25,29-30H,6-7,10-16H2/t20-,22-,25+,26+,27?/m1/s1. The smallest absolute Gasteiger partial charge is 0.166 e. The van der Waals surface area contributed by atoms with Gasteiger partial charge in [-0.3, -0.25) is 4.90 Å². The van der Waals surface area contributed by atoms with Gasteiger partial charge in [0.2, 0.25) is 0 Å². The van der Waals surface area contributed by atoms with Crippen molar-refractivity contribution in [3.05, 3.63) is 59.2 Å². The maximum Gasteiger partial charge on any atom is 0.166 e. The lowest BCUT2D eigenvalue weighted by Gasteiger charge is -2.63. The van der Waals surface area contributed by atoms with Crippen LogP contribution in [0.15, 0.2) is 42.5 Å². The lowest BCUT2D eigenvalue weighted by atomic mass is 9.48. The average Bonchev–Trinajstić information content (AvgIpc) is 3.55.